The minimum atomic E-state index is -0.333. The molecule has 5 nitrogen and oxygen atoms in total. The lowest BCUT2D eigenvalue weighted by atomic mass is 10.0. The highest BCUT2D eigenvalue weighted by molar-refractivity contribution is 5.73. The van der Waals surface area contributed by atoms with Crippen LogP contribution in [0.4, 0.5) is 0 Å². The van der Waals surface area contributed by atoms with Crippen molar-refractivity contribution in [1.82, 2.24) is 10.2 Å². The second-order valence-electron chi connectivity index (χ2n) is 4.20. The molecule has 1 atom stereocenters. The molecule has 2 aliphatic rings. The first-order valence-electron chi connectivity index (χ1n) is 5.40. The normalized spacial score (nSPS) is 32.7. The monoisotopic (exact) mass is 214 g/mol. The molecular formula is C10H18N2O3. The molecule has 1 amide bonds. The molecule has 2 saturated heterocycles. The van der Waals surface area contributed by atoms with E-state index in [-0.39, 0.29) is 11.5 Å². The Kier molecular flexibility index (Phi) is 3.23. The quantitative estimate of drug-likeness (QED) is 0.575. The number of nitrogens with zero attached hydrogens (tertiary/aromatic N) is 1. The van der Waals surface area contributed by atoms with Gasteiger partial charge in [0, 0.05) is 26.6 Å². The third-order valence-electron chi connectivity index (χ3n) is 2.93. The van der Waals surface area contributed by atoms with E-state index in [1.165, 1.54) is 0 Å². The van der Waals surface area contributed by atoms with E-state index in [1.807, 2.05) is 4.90 Å². The van der Waals surface area contributed by atoms with Crippen LogP contribution in [0.5, 0.6) is 0 Å². The van der Waals surface area contributed by atoms with Crippen molar-refractivity contribution < 1.29 is 14.3 Å². The van der Waals surface area contributed by atoms with Crippen LogP contribution in [-0.4, -0.2) is 62.4 Å². The predicted octanol–water partition coefficient (Wildman–Crippen LogP) is -0.776. The molecule has 2 aliphatic heterocycles. The van der Waals surface area contributed by atoms with Crippen molar-refractivity contribution in [1.29, 1.82) is 0 Å². The van der Waals surface area contributed by atoms with Gasteiger partial charge in [-0.05, 0) is 0 Å². The number of hydrogen-bond acceptors (Lipinski definition) is 4. The number of nitrogens with one attached hydrogen (secondary N) is 1. The standard InChI is InChI=1S/C10H18N2O3/c1-9(13)12-3-5-15-10(7-12)6-11-2-4-14-8-10/h11H,2-8H2,1H3/t10-/m0/s1. The van der Waals surface area contributed by atoms with Gasteiger partial charge in [0.25, 0.3) is 0 Å². The van der Waals surface area contributed by atoms with Gasteiger partial charge < -0.3 is 19.7 Å². The van der Waals surface area contributed by atoms with E-state index < -0.39 is 0 Å². The van der Waals surface area contributed by atoms with Gasteiger partial charge >= 0.3 is 0 Å². The molecule has 0 aliphatic carbocycles. The highest BCUT2D eigenvalue weighted by Gasteiger charge is 2.38. The molecule has 0 bridgehead atoms. The Bertz CT molecular complexity index is 237. The van der Waals surface area contributed by atoms with Crippen molar-refractivity contribution in [2.24, 2.45) is 0 Å². The molecule has 2 fully saturated rings. The van der Waals surface area contributed by atoms with E-state index in [0.29, 0.717) is 32.9 Å². The number of rotatable bonds is 0. The van der Waals surface area contributed by atoms with Gasteiger partial charge in [-0.25, -0.2) is 0 Å². The molecule has 0 unspecified atom stereocenters. The zero-order valence-corrected chi connectivity index (χ0v) is 9.12. The summed E-state index contributed by atoms with van der Waals surface area (Å²) in [6.07, 6.45) is 0. The maximum atomic E-state index is 11.3. The van der Waals surface area contributed by atoms with Crippen molar-refractivity contribution in [3.05, 3.63) is 0 Å². The third kappa shape index (κ3) is 2.48. The van der Waals surface area contributed by atoms with Crippen LogP contribution >= 0.6 is 0 Å². The van der Waals surface area contributed by atoms with Crippen LogP contribution in [0.1, 0.15) is 6.92 Å². The van der Waals surface area contributed by atoms with Gasteiger partial charge in [-0.2, -0.15) is 0 Å². The highest BCUT2D eigenvalue weighted by atomic mass is 16.5. The fraction of sp³-hybridized carbons (Fsp3) is 0.900. The van der Waals surface area contributed by atoms with E-state index in [2.05, 4.69) is 5.32 Å². The Morgan fingerprint density at radius 1 is 1.47 bits per heavy atom. The lowest BCUT2D eigenvalue weighted by Gasteiger charge is -2.41. The van der Waals surface area contributed by atoms with Gasteiger partial charge in [-0.1, -0.05) is 0 Å². The second kappa shape index (κ2) is 4.47. The molecule has 2 heterocycles. The van der Waals surface area contributed by atoms with Gasteiger partial charge in [-0.15, -0.1) is 0 Å². The van der Waals surface area contributed by atoms with E-state index in [1.54, 1.807) is 6.92 Å². The number of carbonyl (C=O) groups is 1. The Morgan fingerprint density at radius 3 is 3.13 bits per heavy atom. The molecular weight excluding hydrogens is 196 g/mol. The van der Waals surface area contributed by atoms with Gasteiger partial charge in [0.05, 0.1) is 26.4 Å². The Morgan fingerprint density at radius 2 is 2.33 bits per heavy atom. The van der Waals surface area contributed by atoms with Crippen molar-refractivity contribution in [3.63, 3.8) is 0 Å². The average molecular weight is 214 g/mol. The number of carbonyl (C=O) groups excluding carboxylic acids is 1. The smallest absolute Gasteiger partial charge is 0.219 e. The number of morpholine rings is 1. The van der Waals surface area contributed by atoms with Gasteiger partial charge in [0.2, 0.25) is 5.91 Å². The second-order valence-corrected chi connectivity index (χ2v) is 4.20. The van der Waals surface area contributed by atoms with Gasteiger partial charge in [0.15, 0.2) is 0 Å². The van der Waals surface area contributed by atoms with Gasteiger partial charge in [0.1, 0.15) is 5.60 Å². The largest absolute Gasteiger partial charge is 0.377 e. The summed E-state index contributed by atoms with van der Waals surface area (Å²) in [5, 5.41) is 3.28. The predicted molar refractivity (Wildman–Crippen MR) is 54.6 cm³/mol. The molecule has 15 heavy (non-hydrogen) atoms. The van der Waals surface area contributed by atoms with Crippen LogP contribution in [0.3, 0.4) is 0 Å². The lowest BCUT2D eigenvalue weighted by molar-refractivity contribution is -0.156. The first-order chi connectivity index (χ1) is 7.22. The molecule has 5 heteroatoms. The molecule has 0 radical (unpaired) electrons. The Hall–Kier alpha value is -0.650. The fourth-order valence-electron chi connectivity index (χ4n) is 2.08. The van der Waals surface area contributed by atoms with Crippen LogP contribution in [0.2, 0.25) is 0 Å². The van der Waals surface area contributed by atoms with E-state index in [9.17, 15) is 4.79 Å². The third-order valence-corrected chi connectivity index (χ3v) is 2.93. The van der Waals surface area contributed by atoms with Crippen molar-refractivity contribution in [2.75, 3.05) is 46.0 Å². The summed E-state index contributed by atoms with van der Waals surface area (Å²) in [6, 6.07) is 0. The maximum absolute atomic E-state index is 11.3. The highest BCUT2D eigenvalue weighted by Crippen LogP contribution is 2.19. The Labute approximate surface area is 89.7 Å². The molecule has 1 spiro atoms. The Balaban J connectivity index is 2.02. The summed E-state index contributed by atoms with van der Waals surface area (Å²) in [6.45, 7) is 6.43. The fourth-order valence-corrected chi connectivity index (χ4v) is 2.08. The van der Waals surface area contributed by atoms with Crippen LogP contribution in [0.25, 0.3) is 0 Å². The van der Waals surface area contributed by atoms with E-state index in [4.69, 9.17) is 9.47 Å². The molecule has 2 rings (SSSR count). The minimum Gasteiger partial charge on any atom is -0.377 e. The molecule has 1 N–H and O–H groups in total. The summed E-state index contributed by atoms with van der Waals surface area (Å²) in [4.78, 5) is 13.2. The number of amides is 1. The summed E-state index contributed by atoms with van der Waals surface area (Å²) in [7, 11) is 0. The van der Waals surface area contributed by atoms with Crippen LogP contribution in [-0.2, 0) is 14.3 Å². The summed E-state index contributed by atoms with van der Waals surface area (Å²) >= 11 is 0. The summed E-state index contributed by atoms with van der Waals surface area (Å²) < 4.78 is 11.3. The average Bonchev–Trinajstić information content (AvgIpc) is 2.44. The number of hydrogen-bond donors (Lipinski definition) is 1. The van der Waals surface area contributed by atoms with Crippen LogP contribution < -0.4 is 5.32 Å². The van der Waals surface area contributed by atoms with Crippen LogP contribution in [0.15, 0.2) is 0 Å². The summed E-state index contributed by atoms with van der Waals surface area (Å²) in [5.74, 6) is 0.113. The maximum Gasteiger partial charge on any atom is 0.219 e. The molecule has 0 aromatic heterocycles. The topological polar surface area (TPSA) is 50.8 Å². The van der Waals surface area contributed by atoms with Crippen molar-refractivity contribution in [3.8, 4) is 0 Å². The number of ether oxygens (including phenoxy) is 2. The van der Waals surface area contributed by atoms with E-state index >= 15 is 0 Å². The molecule has 0 aromatic rings. The van der Waals surface area contributed by atoms with Crippen LogP contribution in [0, 0.1) is 0 Å². The van der Waals surface area contributed by atoms with Crippen molar-refractivity contribution in [2.45, 2.75) is 12.5 Å². The zero-order valence-electron chi connectivity index (χ0n) is 9.12. The first-order valence-corrected chi connectivity index (χ1v) is 5.40. The lowest BCUT2D eigenvalue weighted by Crippen LogP contribution is -2.59. The van der Waals surface area contributed by atoms with Gasteiger partial charge in [-0.3, -0.25) is 4.79 Å². The van der Waals surface area contributed by atoms with Crippen molar-refractivity contribution >= 4 is 5.91 Å². The minimum absolute atomic E-state index is 0.113. The molecule has 86 valence electrons. The first kappa shape index (κ1) is 10.9. The molecule has 0 saturated carbocycles. The SMILES string of the molecule is CC(=O)N1CCO[C@@]2(CNCCOC2)C1. The zero-order chi connectivity index (χ0) is 10.7. The van der Waals surface area contributed by atoms with E-state index in [0.717, 1.165) is 13.1 Å². The molecule has 0 aromatic carbocycles. The summed E-state index contributed by atoms with van der Waals surface area (Å²) in [5.41, 5.74) is -0.333.